The Hall–Kier alpha value is -0.860. The van der Waals surface area contributed by atoms with Crippen molar-refractivity contribution in [1.82, 2.24) is 10.2 Å². The van der Waals surface area contributed by atoms with Gasteiger partial charge in [-0.05, 0) is 31.5 Å². The first-order valence-electron chi connectivity index (χ1n) is 9.83. The van der Waals surface area contributed by atoms with Gasteiger partial charge in [0.2, 0.25) is 0 Å². The highest BCUT2D eigenvalue weighted by atomic mass is 15.1. The molecule has 0 aliphatic heterocycles. The molecule has 0 aliphatic carbocycles. The molecule has 0 bridgehead atoms. The summed E-state index contributed by atoms with van der Waals surface area (Å²) in [5.74, 6) is 0. The maximum Gasteiger partial charge on any atom is 0.0206 e. The Morgan fingerprint density at radius 2 is 1.35 bits per heavy atom. The number of hydrogen-bond acceptors (Lipinski definition) is 2. The predicted molar refractivity (Wildman–Crippen MR) is 103 cm³/mol. The number of nitrogens with zero attached hydrogens (tertiary/aromatic N) is 1. The van der Waals surface area contributed by atoms with Crippen molar-refractivity contribution in [2.24, 2.45) is 0 Å². The average molecular weight is 319 g/mol. The smallest absolute Gasteiger partial charge is 0.0206 e. The summed E-state index contributed by atoms with van der Waals surface area (Å²) in [4.78, 5) is 2.67. The van der Waals surface area contributed by atoms with Gasteiger partial charge < -0.3 is 10.2 Å². The van der Waals surface area contributed by atoms with Gasteiger partial charge in [-0.3, -0.25) is 0 Å². The Labute approximate surface area is 144 Å². The molecule has 0 radical (unpaired) electrons. The summed E-state index contributed by atoms with van der Waals surface area (Å²) in [6, 6.07) is 10.7. The Kier molecular flexibility index (Phi) is 12.9. The van der Waals surface area contributed by atoms with Crippen molar-refractivity contribution in [2.75, 3.05) is 26.2 Å². The van der Waals surface area contributed by atoms with Gasteiger partial charge in [0.25, 0.3) is 0 Å². The van der Waals surface area contributed by atoms with Crippen LogP contribution in [-0.4, -0.2) is 31.1 Å². The second kappa shape index (κ2) is 14.7. The maximum atomic E-state index is 3.59. The third-order valence-electron chi connectivity index (χ3n) is 4.43. The SMILES string of the molecule is CCCCCCN(CCCCCC)CCNCc1ccccc1. The second-order valence-corrected chi connectivity index (χ2v) is 6.63. The quantitative estimate of drug-likeness (QED) is 0.445. The van der Waals surface area contributed by atoms with E-state index in [0.717, 1.165) is 13.1 Å². The van der Waals surface area contributed by atoms with E-state index in [-0.39, 0.29) is 0 Å². The highest BCUT2D eigenvalue weighted by Gasteiger charge is 2.04. The van der Waals surface area contributed by atoms with Gasteiger partial charge in [-0.2, -0.15) is 0 Å². The van der Waals surface area contributed by atoms with Crippen LogP contribution >= 0.6 is 0 Å². The molecule has 132 valence electrons. The molecular formula is C21H38N2. The van der Waals surface area contributed by atoms with Crippen LogP contribution in [0.2, 0.25) is 0 Å². The van der Waals surface area contributed by atoms with Crippen molar-refractivity contribution in [3.05, 3.63) is 35.9 Å². The maximum absolute atomic E-state index is 3.59. The zero-order chi connectivity index (χ0) is 16.6. The summed E-state index contributed by atoms with van der Waals surface area (Å²) < 4.78 is 0. The van der Waals surface area contributed by atoms with Crippen LogP contribution in [0.5, 0.6) is 0 Å². The zero-order valence-electron chi connectivity index (χ0n) is 15.5. The molecule has 0 amide bonds. The lowest BCUT2D eigenvalue weighted by molar-refractivity contribution is 0.260. The van der Waals surface area contributed by atoms with Gasteiger partial charge in [0.1, 0.15) is 0 Å². The highest BCUT2D eigenvalue weighted by molar-refractivity contribution is 5.14. The van der Waals surface area contributed by atoms with Gasteiger partial charge in [0, 0.05) is 19.6 Å². The van der Waals surface area contributed by atoms with E-state index in [1.54, 1.807) is 0 Å². The van der Waals surface area contributed by atoms with Crippen molar-refractivity contribution < 1.29 is 0 Å². The van der Waals surface area contributed by atoms with Crippen LogP contribution in [0, 0.1) is 0 Å². The fraction of sp³-hybridized carbons (Fsp3) is 0.714. The van der Waals surface area contributed by atoms with E-state index in [9.17, 15) is 0 Å². The van der Waals surface area contributed by atoms with Crippen molar-refractivity contribution in [1.29, 1.82) is 0 Å². The molecule has 1 N–H and O–H groups in total. The van der Waals surface area contributed by atoms with E-state index in [1.165, 1.54) is 76.6 Å². The lowest BCUT2D eigenvalue weighted by Gasteiger charge is -2.22. The first-order chi connectivity index (χ1) is 11.4. The summed E-state index contributed by atoms with van der Waals surface area (Å²) in [6.45, 7) is 10.4. The van der Waals surface area contributed by atoms with Gasteiger partial charge in [0.05, 0.1) is 0 Å². The van der Waals surface area contributed by atoms with Gasteiger partial charge in [-0.15, -0.1) is 0 Å². The normalized spacial score (nSPS) is 11.3. The lowest BCUT2D eigenvalue weighted by atomic mass is 10.1. The number of unbranched alkanes of at least 4 members (excludes halogenated alkanes) is 6. The van der Waals surface area contributed by atoms with Crippen LogP contribution in [-0.2, 0) is 6.54 Å². The summed E-state index contributed by atoms with van der Waals surface area (Å²) in [7, 11) is 0. The molecule has 2 nitrogen and oxygen atoms in total. The minimum absolute atomic E-state index is 0.986. The first-order valence-corrected chi connectivity index (χ1v) is 9.83. The Morgan fingerprint density at radius 1 is 0.739 bits per heavy atom. The largest absolute Gasteiger partial charge is 0.311 e. The van der Waals surface area contributed by atoms with E-state index in [1.807, 2.05) is 0 Å². The van der Waals surface area contributed by atoms with Crippen LogP contribution in [0.15, 0.2) is 30.3 Å². The molecule has 2 heteroatoms. The second-order valence-electron chi connectivity index (χ2n) is 6.63. The van der Waals surface area contributed by atoms with Gasteiger partial charge in [0.15, 0.2) is 0 Å². The molecule has 0 saturated heterocycles. The van der Waals surface area contributed by atoms with Crippen LogP contribution in [0.4, 0.5) is 0 Å². The van der Waals surface area contributed by atoms with Crippen LogP contribution in [0.3, 0.4) is 0 Å². The average Bonchev–Trinajstić information content (AvgIpc) is 2.59. The van der Waals surface area contributed by atoms with E-state index in [4.69, 9.17) is 0 Å². The molecule has 1 rings (SSSR count). The van der Waals surface area contributed by atoms with E-state index >= 15 is 0 Å². The fourth-order valence-corrected chi connectivity index (χ4v) is 2.93. The van der Waals surface area contributed by atoms with Gasteiger partial charge in [-0.25, -0.2) is 0 Å². The van der Waals surface area contributed by atoms with E-state index in [2.05, 4.69) is 54.4 Å². The standard InChI is InChI=1S/C21H38N2/c1-3-5-7-12-17-23(18-13-8-6-4-2)19-16-22-20-21-14-10-9-11-15-21/h9-11,14-15,22H,3-8,12-13,16-20H2,1-2H3. The molecule has 0 spiro atoms. The molecule has 0 fully saturated rings. The minimum Gasteiger partial charge on any atom is -0.311 e. The number of nitrogens with one attached hydrogen (secondary N) is 1. The Bertz CT molecular complexity index is 338. The lowest BCUT2D eigenvalue weighted by Crippen LogP contribution is -2.33. The molecular weight excluding hydrogens is 280 g/mol. The van der Waals surface area contributed by atoms with E-state index < -0.39 is 0 Å². The van der Waals surface area contributed by atoms with Gasteiger partial charge >= 0.3 is 0 Å². The highest BCUT2D eigenvalue weighted by Crippen LogP contribution is 2.05. The number of rotatable bonds is 15. The van der Waals surface area contributed by atoms with E-state index in [0.29, 0.717) is 0 Å². The molecule has 0 unspecified atom stereocenters. The number of hydrogen-bond donors (Lipinski definition) is 1. The Balaban J connectivity index is 2.18. The fourth-order valence-electron chi connectivity index (χ4n) is 2.93. The molecule has 0 heterocycles. The minimum atomic E-state index is 0.986. The van der Waals surface area contributed by atoms with Crippen LogP contribution < -0.4 is 5.32 Å². The first kappa shape index (κ1) is 20.2. The molecule has 1 aromatic carbocycles. The van der Waals surface area contributed by atoms with Crippen LogP contribution in [0.1, 0.15) is 70.8 Å². The molecule has 0 aliphatic rings. The van der Waals surface area contributed by atoms with Crippen molar-refractivity contribution in [3.63, 3.8) is 0 Å². The molecule has 23 heavy (non-hydrogen) atoms. The molecule has 0 aromatic heterocycles. The topological polar surface area (TPSA) is 15.3 Å². The van der Waals surface area contributed by atoms with Crippen LogP contribution in [0.25, 0.3) is 0 Å². The molecule has 0 atom stereocenters. The van der Waals surface area contributed by atoms with Gasteiger partial charge in [-0.1, -0.05) is 82.7 Å². The number of benzene rings is 1. The molecule has 0 saturated carbocycles. The van der Waals surface area contributed by atoms with Crippen molar-refractivity contribution >= 4 is 0 Å². The Morgan fingerprint density at radius 3 is 1.91 bits per heavy atom. The van der Waals surface area contributed by atoms with Crippen molar-refractivity contribution in [2.45, 2.75) is 71.8 Å². The third kappa shape index (κ3) is 11.3. The summed E-state index contributed by atoms with van der Waals surface area (Å²) >= 11 is 0. The predicted octanol–water partition coefficient (Wildman–Crippen LogP) is 5.24. The summed E-state index contributed by atoms with van der Waals surface area (Å²) in [5.41, 5.74) is 1.38. The van der Waals surface area contributed by atoms with Crippen molar-refractivity contribution in [3.8, 4) is 0 Å². The monoisotopic (exact) mass is 318 g/mol. The summed E-state index contributed by atoms with van der Waals surface area (Å²) in [5, 5.41) is 3.59. The molecule has 1 aromatic rings. The zero-order valence-corrected chi connectivity index (χ0v) is 15.5. The summed E-state index contributed by atoms with van der Waals surface area (Å²) in [6.07, 6.45) is 10.9. The third-order valence-corrected chi connectivity index (χ3v) is 4.43.